The van der Waals surface area contributed by atoms with Gasteiger partial charge in [-0.15, -0.1) is 11.3 Å². The molecule has 0 fully saturated rings. The molecule has 0 bridgehead atoms. The fraction of sp³-hybridized carbons (Fsp3) is 0.444. The molecule has 0 N–H and O–H groups in total. The Balaban J connectivity index is 2.50. The van der Waals surface area contributed by atoms with Crippen LogP contribution >= 0.6 is 11.3 Å². The minimum absolute atomic E-state index is 0.203. The Bertz CT molecular complexity index is 337. The van der Waals surface area contributed by atoms with E-state index in [2.05, 4.69) is 9.72 Å². The summed E-state index contributed by atoms with van der Waals surface area (Å²) in [7, 11) is 1.54. The van der Waals surface area contributed by atoms with E-state index in [4.69, 9.17) is 0 Å². The van der Waals surface area contributed by atoms with Crippen LogP contribution in [0.1, 0.15) is 12.6 Å². The first-order chi connectivity index (χ1) is 7.15. The molecule has 5 nitrogen and oxygen atoms in total. The topological polar surface area (TPSA) is 59.5 Å². The van der Waals surface area contributed by atoms with Gasteiger partial charge in [0, 0.05) is 12.4 Å². The van der Waals surface area contributed by atoms with Crippen LogP contribution in [0.4, 0.5) is 0 Å². The molecule has 0 atom stereocenters. The zero-order chi connectivity index (χ0) is 11.3. The second-order valence-corrected chi connectivity index (χ2v) is 3.58. The number of esters is 1. The van der Waals surface area contributed by atoms with E-state index in [1.54, 1.807) is 19.5 Å². The van der Waals surface area contributed by atoms with Crippen molar-refractivity contribution >= 4 is 23.2 Å². The number of hydrogen-bond donors (Lipinski definition) is 0. The molecule has 0 radical (unpaired) electrons. The first-order valence-electron chi connectivity index (χ1n) is 4.44. The highest BCUT2D eigenvalue weighted by Gasteiger charge is 2.20. The summed E-state index contributed by atoms with van der Waals surface area (Å²) < 4.78 is 4.60. The van der Waals surface area contributed by atoms with Crippen molar-refractivity contribution in [1.82, 2.24) is 9.88 Å². The maximum Gasteiger partial charge on any atom is 0.397 e. The fourth-order valence-corrected chi connectivity index (χ4v) is 1.53. The molecule has 0 spiro atoms. The highest BCUT2D eigenvalue weighted by atomic mass is 32.1. The summed E-state index contributed by atoms with van der Waals surface area (Å²) in [5, 5.41) is 1.83. The lowest BCUT2D eigenvalue weighted by molar-refractivity contribution is -0.159. The lowest BCUT2D eigenvalue weighted by Crippen LogP contribution is -2.34. The van der Waals surface area contributed by atoms with Crippen molar-refractivity contribution in [2.75, 3.05) is 13.7 Å². The van der Waals surface area contributed by atoms with E-state index < -0.39 is 11.9 Å². The third-order valence-electron chi connectivity index (χ3n) is 1.68. The Hall–Kier alpha value is -1.43. The normalized spacial score (nSPS) is 9.73. The molecule has 0 saturated heterocycles. The zero-order valence-corrected chi connectivity index (χ0v) is 9.41. The van der Waals surface area contributed by atoms with Gasteiger partial charge in [-0.05, 0) is 6.92 Å². The third kappa shape index (κ3) is 3.32. The summed E-state index contributed by atoms with van der Waals surface area (Å²) in [6.07, 6.45) is 0. The number of amides is 1. The number of likely N-dealkylation sites (N-methyl/N-ethyl adjacent to an activating group) is 1. The number of thiazole rings is 1. The number of rotatable bonds is 3. The van der Waals surface area contributed by atoms with Crippen LogP contribution in [-0.2, 0) is 20.9 Å². The predicted octanol–water partition coefficient (Wildman–Crippen LogP) is 0.665. The van der Waals surface area contributed by atoms with Gasteiger partial charge >= 0.3 is 11.9 Å². The zero-order valence-electron chi connectivity index (χ0n) is 8.60. The summed E-state index contributed by atoms with van der Waals surface area (Å²) >= 11 is 1.45. The van der Waals surface area contributed by atoms with E-state index in [0.29, 0.717) is 6.54 Å². The Morgan fingerprint density at radius 2 is 2.33 bits per heavy atom. The van der Waals surface area contributed by atoms with Crippen LogP contribution in [0.2, 0.25) is 0 Å². The molecule has 0 saturated carbocycles. The standard InChI is InChI=1S/C9H12N2O3S/c1-3-14-9(13)8(12)11(2)4-7-5-15-6-10-7/h5-6H,3-4H2,1-2H3. The average molecular weight is 228 g/mol. The Labute approximate surface area is 91.7 Å². The molecule has 1 aromatic heterocycles. The van der Waals surface area contributed by atoms with Gasteiger partial charge in [-0.1, -0.05) is 0 Å². The summed E-state index contributed by atoms with van der Waals surface area (Å²) in [6.45, 7) is 2.18. The summed E-state index contributed by atoms with van der Waals surface area (Å²) in [5.74, 6) is -1.47. The molecule has 0 aliphatic rings. The molecule has 0 aliphatic carbocycles. The monoisotopic (exact) mass is 228 g/mol. The number of aromatic nitrogens is 1. The summed E-state index contributed by atoms with van der Waals surface area (Å²) in [4.78, 5) is 27.8. The van der Waals surface area contributed by atoms with Crippen molar-refractivity contribution in [1.29, 1.82) is 0 Å². The van der Waals surface area contributed by atoms with Gasteiger partial charge in [-0.2, -0.15) is 0 Å². The summed E-state index contributed by atoms with van der Waals surface area (Å²) in [5.41, 5.74) is 2.44. The van der Waals surface area contributed by atoms with E-state index in [-0.39, 0.29) is 6.61 Å². The molecule has 82 valence electrons. The quantitative estimate of drug-likeness (QED) is 0.563. The van der Waals surface area contributed by atoms with Crippen LogP contribution in [-0.4, -0.2) is 35.4 Å². The van der Waals surface area contributed by atoms with Crippen LogP contribution in [0.15, 0.2) is 10.9 Å². The van der Waals surface area contributed by atoms with Gasteiger partial charge in [0.25, 0.3) is 0 Å². The molecule has 0 aromatic carbocycles. The Morgan fingerprint density at radius 1 is 1.60 bits per heavy atom. The number of carbonyl (C=O) groups is 2. The van der Waals surface area contributed by atoms with Gasteiger partial charge in [0.2, 0.25) is 0 Å². The van der Waals surface area contributed by atoms with Crippen LogP contribution in [0.5, 0.6) is 0 Å². The van der Waals surface area contributed by atoms with Crippen molar-refractivity contribution in [2.24, 2.45) is 0 Å². The van der Waals surface area contributed by atoms with Gasteiger partial charge in [0.15, 0.2) is 0 Å². The number of nitrogens with zero attached hydrogens (tertiary/aromatic N) is 2. The Kier molecular flexibility index (Phi) is 4.23. The average Bonchev–Trinajstić information content (AvgIpc) is 2.69. The van der Waals surface area contributed by atoms with Crippen LogP contribution < -0.4 is 0 Å². The first kappa shape index (κ1) is 11.6. The van der Waals surface area contributed by atoms with Crippen LogP contribution in [0.3, 0.4) is 0 Å². The minimum Gasteiger partial charge on any atom is -0.459 e. The molecule has 6 heteroatoms. The number of carbonyl (C=O) groups excluding carboxylic acids is 2. The SMILES string of the molecule is CCOC(=O)C(=O)N(C)Cc1cscn1. The van der Waals surface area contributed by atoms with Crippen LogP contribution in [0.25, 0.3) is 0 Å². The maximum absolute atomic E-state index is 11.4. The molecule has 1 amide bonds. The maximum atomic E-state index is 11.4. The number of hydrogen-bond acceptors (Lipinski definition) is 5. The second kappa shape index (κ2) is 5.45. The van der Waals surface area contributed by atoms with Gasteiger partial charge in [-0.3, -0.25) is 4.79 Å². The molecule has 1 aromatic rings. The molecule has 15 heavy (non-hydrogen) atoms. The first-order valence-corrected chi connectivity index (χ1v) is 5.38. The molecule has 1 rings (SSSR count). The van der Waals surface area contributed by atoms with Crippen LogP contribution in [0, 0.1) is 0 Å². The number of ether oxygens (including phenoxy) is 1. The van der Waals surface area contributed by atoms with Gasteiger partial charge in [0.1, 0.15) is 0 Å². The molecule has 0 aliphatic heterocycles. The largest absolute Gasteiger partial charge is 0.459 e. The highest BCUT2D eigenvalue weighted by Crippen LogP contribution is 2.04. The third-order valence-corrected chi connectivity index (χ3v) is 2.31. The smallest absolute Gasteiger partial charge is 0.397 e. The second-order valence-electron chi connectivity index (χ2n) is 2.86. The predicted molar refractivity (Wildman–Crippen MR) is 55.2 cm³/mol. The molecule has 0 unspecified atom stereocenters. The fourth-order valence-electron chi connectivity index (χ4n) is 0.979. The van der Waals surface area contributed by atoms with Crippen molar-refractivity contribution in [3.05, 3.63) is 16.6 Å². The van der Waals surface area contributed by atoms with E-state index in [1.165, 1.54) is 16.2 Å². The van der Waals surface area contributed by atoms with Crippen molar-refractivity contribution in [2.45, 2.75) is 13.5 Å². The van der Waals surface area contributed by atoms with Crippen molar-refractivity contribution in [3.8, 4) is 0 Å². The minimum atomic E-state index is -0.824. The van der Waals surface area contributed by atoms with Crippen molar-refractivity contribution < 1.29 is 14.3 Å². The molecular formula is C9H12N2O3S. The molecular weight excluding hydrogens is 216 g/mol. The summed E-state index contributed by atoms with van der Waals surface area (Å²) in [6, 6.07) is 0. The lowest BCUT2D eigenvalue weighted by Gasteiger charge is -2.14. The van der Waals surface area contributed by atoms with E-state index >= 15 is 0 Å². The van der Waals surface area contributed by atoms with E-state index in [9.17, 15) is 9.59 Å². The highest BCUT2D eigenvalue weighted by molar-refractivity contribution is 7.07. The Morgan fingerprint density at radius 3 is 2.87 bits per heavy atom. The van der Waals surface area contributed by atoms with E-state index in [0.717, 1.165) is 5.69 Å². The van der Waals surface area contributed by atoms with Crippen molar-refractivity contribution in [3.63, 3.8) is 0 Å². The molecule has 1 heterocycles. The van der Waals surface area contributed by atoms with Gasteiger partial charge < -0.3 is 9.64 Å². The van der Waals surface area contributed by atoms with Gasteiger partial charge in [-0.25, -0.2) is 9.78 Å². The van der Waals surface area contributed by atoms with Gasteiger partial charge in [0.05, 0.1) is 24.4 Å². The van der Waals surface area contributed by atoms with E-state index in [1.807, 2.05) is 5.38 Å². The lowest BCUT2D eigenvalue weighted by atomic mass is 10.4.